The van der Waals surface area contributed by atoms with Crippen molar-refractivity contribution in [3.63, 3.8) is 0 Å². The van der Waals surface area contributed by atoms with Gasteiger partial charge >= 0.3 is 0 Å². The summed E-state index contributed by atoms with van der Waals surface area (Å²) in [5.41, 5.74) is 5.78. The van der Waals surface area contributed by atoms with Gasteiger partial charge in [-0.15, -0.1) is 10.2 Å². The summed E-state index contributed by atoms with van der Waals surface area (Å²) in [5, 5.41) is 9.02. The normalized spacial score (nSPS) is 15.4. The van der Waals surface area contributed by atoms with Crippen LogP contribution < -0.4 is 10.6 Å². The highest BCUT2D eigenvalue weighted by Gasteiger charge is 2.27. The Balaban J connectivity index is 1.47. The first-order valence-electron chi connectivity index (χ1n) is 9.39. The van der Waals surface area contributed by atoms with E-state index in [1.54, 1.807) is 12.3 Å². The number of nitrogens with two attached hydrogens (primary N) is 1. The highest BCUT2D eigenvalue weighted by Crippen LogP contribution is 2.29. The Bertz CT molecular complexity index is 905. The summed E-state index contributed by atoms with van der Waals surface area (Å²) < 4.78 is 4.34. The predicted octanol–water partition coefficient (Wildman–Crippen LogP) is 1.61. The van der Waals surface area contributed by atoms with Crippen LogP contribution in [0.1, 0.15) is 43.2 Å². The number of nitrogens with zero attached hydrogens (tertiary/aromatic N) is 8. The monoisotopic (exact) mass is 367 g/mol. The average molecular weight is 367 g/mol. The molecule has 9 heteroatoms. The molecule has 4 heterocycles. The lowest BCUT2D eigenvalue weighted by Crippen LogP contribution is -2.35. The molecular weight excluding hydrogens is 342 g/mol. The van der Waals surface area contributed by atoms with Crippen LogP contribution in [0.5, 0.6) is 0 Å². The van der Waals surface area contributed by atoms with Crippen molar-refractivity contribution in [3.05, 3.63) is 42.1 Å². The third kappa shape index (κ3) is 3.49. The zero-order chi connectivity index (χ0) is 18.8. The van der Waals surface area contributed by atoms with Gasteiger partial charge in [-0.05, 0) is 32.8 Å². The zero-order valence-electron chi connectivity index (χ0n) is 15.8. The highest BCUT2D eigenvalue weighted by molar-refractivity contribution is 5.38. The standard InChI is InChI=1S/C18H25N9/c1-3-27-16(12-26-11-8-20-13(26)2)23-24-17(27)14-5-9-25(10-6-14)18-21-7-4-15(19)22-18/h4,7-8,11,14H,3,5-6,9-10,12H2,1-2H3,(H2,19,21,22). The minimum atomic E-state index is 0.396. The van der Waals surface area contributed by atoms with E-state index in [1.807, 2.05) is 19.3 Å². The van der Waals surface area contributed by atoms with E-state index in [0.717, 1.165) is 49.9 Å². The molecule has 0 atom stereocenters. The molecule has 1 saturated heterocycles. The van der Waals surface area contributed by atoms with Crippen LogP contribution in [0, 0.1) is 6.92 Å². The number of hydrogen-bond acceptors (Lipinski definition) is 7. The number of aromatic nitrogens is 7. The van der Waals surface area contributed by atoms with Gasteiger partial charge in [0, 0.05) is 44.1 Å². The van der Waals surface area contributed by atoms with E-state index in [-0.39, 0.29) is 0 Å². The van der Waals surface area contributed by atoms with Gasteiger partial charge in [0.1, 0.15) is 17.5 Å². The van der Waals surface area contributed by atoms with Crippen LogP contribution in [0.2, 0.25) is 0 Å². The maximum atomic E-state index is 5.78. The second-order valence-electron chi connectivity index (χ2n) is 6.86. The van der Waals surface area contributed by atoms with Crippen molar-refractivity contribution in [2.45, 2.75) is 45.7 Å². The van der Waals surface area contributed by atoms with E-state index < -0.39 is 0 Å². The van der Waals surface area contributed by atoms with Gasteiger partial charge in [0.25, 0.3) is 0 Å². The van der Waals surface area contributed by atoms with E-state index in [9.17, 15) is 0 Å². The van der Waals surface area contributed by atoms with Crippen LogP contribution in [-0.4, -0.2) is 47.4 Å². The quantitative estimate of drug-likeness (QED) is 0.730. The summed E-state index contributed by atoms with van der Waals surface area (Å²) >= 11 is 0. The molecular formula is C18H25N9. The zero-order valence-corrected chi connectivity index (χ0v) is 15.8. The van der Waals surface area contributed by atoms with Gasteiger partial charge < -0.3 is 19.8 Å². The molecule has 9 nitrogen and oxygen atoms in total. The molecule has 27 heavy (non-hydrogen) atoms. The molecule has 0 amide bonds. The molecule has 0 aliphatic carbocycles. The SMILES string of the molecule is CCn1c(Cn2ccnc2C)nnc1C1CCN(c2nccc(N)n2)CC1. The first-order chi connectivity index (χ1) is 13.2. The van der Waals surface area contributed by atoms with E-state index in [1.165, 1.54) is 0 Å². The first kappa shape index (κ1) is 17.4. The Hall–Kier alpha value is -2.97. The Kier molecular flexibility index (Phi) is 4.74. The van der Waals surface area contributed by atoms with Crippen molar-refractivity contribution in [2.75, 3.05) is 23.7 Å². The van der Waals surface area contributed by atoms with Crippen LogP contribution in [0.15, 0.2) is 24.7 Å². The molecule has 0 aromatic carbocycles. The van der Waals surface area contributed by atoms with Crippen LogP contribution in [0.4, 0.5) is 11.8 Å². The van der Waals surface area contributed by atoms with Crippen molar-refractivity contribution in [1.29, 1.82) is 0 Å². The van der Waals surface area contributed by atoms with E-state index in [2.05, 4.69) is 46.1 Å². The van der Waals surface area contributed by atoms with Gasteiger partial charge in [0.05, 0.1) is 6.54 Å². The Morgan fingerprint density at radius 1 is 1.15 bits per heavy atom. The second kappa shape index (κ2) is 7.34. The molecule has 1 fully saturated rings. The summed E-state index contributed by atoms with van der Waals surface area (Å²) in [6.07, 6.45) is 7.51. The van der Waals surface area contributed by atoms with Crippen molar-refractivity contribution in [3.8, 4) is 0 Å². The molecule has 3 aromatic heterocycles. The topological polar surface area (TPSA) is 104 Å². The van der Waals surface area contributed by atoms with Gasteiger partial charge in [-0.25, -0.2) is 9.97 Å². The molecule has 3 aromatic rings. The molecule has 4 rings (SSSR count). The number of anilines is 2. The van der Waals surface area contributed by atoms with E-state index in [4.69, 9.17) is 5.73 Å². The first-order valence-corrected chi connectivity index (χ1v) is 9.39. The maximum Gasteiger partial charge on any atom is 0.227 e. The maximum absolute atomic E-state index is 5.78. The summed E-state index contributed by atoms with van der Waals surface area (Å²) in [4.78, 5) is 15.2. The largest absolute Gasteiger partial charge is 0.384 e. The number of hydrogen-bond donors (Lipinski definition) is 1. The van der Waals surface area contributed by atoms with Crippen LogP contribution in [0.25, 0.3) is 0 Å². The molecule has 1 aliphatic rings. The second-order valence-corrected chi connectivity index (χ2v) is 6.86. The summed E-state index contributed by atoms with van der Waals surface area (Å²) in [5.74, 6) is 4.66. The molecule has 0 radical (unpaired) electrons. The van der Waals surface area contributed by atoms with Gasteiger partial charge in [-0.1, -0.05) is 0 Å². The third-order valence-electron chi connectivity index (χ3n) is 5.21. The van der Waals surface area contributed by atoms with Crippen molar-refractivity contribution >= 4 is 11.8 Å². The Morgan fingerprint density at radius 2 is 1.96 bits per heavy atom. The fraction of sp³-hybridized carbons (Fsp3) is 0.500. The lowest BCUT2D eigenvalue weighted by molar-refractivity contribution is 0.460. The van der Waals surface area contributed by atoms with Crippen molar-refractivity contribution in [1.82, 2.24) is 34.3 Å². The molecule has 0 bridgehead atoms. The van der Waals surface area contributed by atoms with Crippen LogP contribution in [0.3, 0.4) is 0 Å². The molecule has 1 aliphatic heterocycles. The number of nitrogen functional groups attached to an aromatic ring is 1. The third-order valence-corrected chi connectivity index (χ3v) is 5.21. The van der Waals surface area contributed by atoms with Gasteiger partial charge in [0.2, 0.25) is 5.95 Å². The molecule has 2 N–H and O–H groups in total. The Morgan fingerprint density at radius 3 is 2.63 bits per heavy atom. The van der Waals surface area contributed by atoms with Crippen molar-refractivity contribution in [2.24, 2.45) is 0 Å². The van der Waals surface area contributed by atoms with Gasteiger partial charge in [-0.2, -0.15) is 4.98 Å². The molecule has 0 spiro atoms. The lowest BCUT2D eigenvalue weighted by Gasteiger charge is -2.31. The number of rotatable bonds is 5. The summed E-state index contributed by atoms with van der Waals surface area (Å²) in [7, 11) is 0. The summed E-state index contributed by atoms with van der Waals surface area (Å²) in [6.45, 7) is 7.49. The smallest absolute Gasteiger partial charge is 0.227 e. The highest BCUT2D eigenvalue weighted by atomic mass is 15.3. The lowest BCUT2D eigenvalue weighted by atomic mass is 9.96. The fourth-order valence-electron chi connectivity index (χ4n) is 3.69. The van der Waals surface area contributed by atoms with Crippen LogP contribution >= 0.6 is 0 Å². The minimum absolute atomic E-state index is 0.396. The molecule has 0 saturated carbocycles. The van der Waals surface area contributed by atoms with Gasteiger partial charge in [-0.3, -0.25) is 0 Å². The predicted molar refractivity (Wildman–Crippen MR) is 102 cm³/mol. The van der Waals surface area contributed by atoms with E-state index >= 15 is 0 Å². The number of aryl methyl sites for hydroxylation is 1. The Labute approximate surface area is 158 Å². The van der Waals surface area contributed by atoms with Crippen LogP contribution in [-0.2, 0) is 13.1 Å². The molecule has 0 unspecified atom stereocenters. The molecule has 142 valence electrons. The number of imidazole rings is 1. The summed E-state index contributed by atoms with van der Waals surface area (Å²) in [6, 6.07) is 1.71. The minimum Gasteiger partial charge on any atom is -0.384 e. The fourth-order valence-corrected chi connectivity index (χ4v) is 3.69. The van der Waals surface area contributed by atoms with E-state index in [0.29, 0.717) is 24.2 Å². The van der Waals surface area contributed by atoms with Gasteiger partial charge in [0.15, 0.2) is 5.82 Å². The average Bonchev–Trinajstić information content (AvgIpc) is 3.28. The van der Waals surface area contributed by atoms with Crippen molar-refractivity contribution < 1.29 is 0 Å². The number of piperidine rings is 1.